The van der Waals surface area contributed by atoms with Gasteiger partial charge in [0.2, 0.25) is 5.91 Å². The standard InChI is InChI=1S/C25H26N2O3S2/c1-18-5-2-3-6-21(18)16-31-14-12-26-24(29)19-8-10-20(11-9-19)25-27(23(28)17-32-25)15-22-7-4-13-30-22/h2-11,13,25H,12,14-17H2,1H3,(H,26,29)/t25-/m0/s1. The van der Waals surface area contributed by atoms with E-state index in [1.807, 2.05) is 53.1 Å². The Morgan fingerprint density at radius 3 is 2.72 bits per heavy atom. The molecule has 1 aromatic heterocycles. The molecule has 0 radical (unpaired) electrons. The molecule has 0 spiro atoms. The summed E-state index contributed by atoms with van der Waals surface area (Å²) >= 11 is 3.41. The van der Waals surface area contributed by atoms with E-state index < -0.39 is 0 Å². The van der Waals surface area contributed by atoms with Gasteiger partial charge in [-0.25, -0.2) is 0 Å². The number of furan rings is 1. The first-order valence-electron chi connectivity index (χ1n) is 10.6. The fourth-order valence-electron chi connectivity index (χ4n) is 3.56. The number of nitrogens with one attached hydrogen (secondary N) is 1. The van der Waals surface area contributed by atoms with E-state index in [1.165, 1.54) is 11.1 Å². The fourth-order valence-corrected chi connectivity index (χ4v) is 5.69. The van der Waals surface area contributed by atoms with Gasteiger partial charge in [0.05, 0.1) is 18.6 Å². The van der Waals surface area contributed by atoms with Crippen LogP contribution in [-0.2, 0) is 17.1 Å². The largest absolute Gasteiger partial charge is 0.467 e. The molecule has 0 aliphatic carbocycles. The van der Waals surface area contributed by atoms with Gasteiger partial charge in [-0.05, 0) is 47.9 Å². The van der Waals surface area contributed by atoms with Crippen molar-refractivity contribution in [3.8, 4) is 0 Å². The lowest BCUT2D eigenvalue weighted by Crippen LogP contribution is -2.28. The molecule has 166 valence electrons. The molecular weight excluding hydrogens is 440 g/mol. The molecule has 1 saturated heterocycles. The van der Waals surface area contributed by atoms with Crippen molar-refractivity contribution in [1.82, 2.24) is 10.2 Å². The Labute approximate surface area is 196 Å². The average molecular weight is 467 g/mol. The fraction of sp³-hybridized carbons (Fsp3) is 0.280. The molecule has 1 aliphatic rings. The zero-order chi connectivity index (χ0) is 22.3. The maximum absolute atomic E-state index is 12.5. The quantitative estimate of drug-likeness (QED) is 0.449. The molecule has 32 heavy (non-hydrogen) atoms. The summed E-state index contributed by atoms with van der Waals surface area (Å²) < 4.78 is 5.41. The predicted molar refractivity (Wildman–Crippen MR) is 131 cm³/mol. The maximum atomic E-state index is 12.5. The summed E-state index contributed by atoms with van der Waals surface area (Å²) in [7, 11) is 0. The van der Waals surface area contributed by atoms with Crippen LogP contribution in [0.3, 0.4) is 0 Å². The summed E-state index contributed by atoms with van der Waals surface area (Å²) in [4.78, 5) is 26.7. The van der Waals surface area contributed by atoms with Crippen LogP contribution in [-0.4, -0.2) is 34.8 Å². The molecule has 2 aromatic carbocycles. The first-order valence-corrected chi connectivity index (χ1v) is 12.8. The molecular formula is C25H26N2O3S2. The number of amides is 2. The van der Waals surface area contributed by atoms with Gasteiger partial charge in [0.15, 0.2) is 0 Å². The van der Waals surface area contributed by atoms with Crippen LogP contribution in [0.25, 0.3) is 0 Å². The highest BCUT2D eigenvalue weighted by atomic mass is 32.2. The topological polar surface area (TPSA) is 62.6 Å². The molecule has 1 N–H and O–H groups in total. The monoisotopic (exact) mass is 466 g/mol. The van der Waals surface area contributed by atoms with Gasteiger partial charge in [-0.15, -0.1) is 11.8 Å². The molecule has 0 unspecified atom stereocenters. The minimum absolute atomic E-state index is 0.0671. The van der Waals surface area contributed by atoms with Crippen LogP contribution >= 0.6 is 23.5 Å². The molecule has 0 bridgehead atoms. The number of hydrogen-bond acceptors (Lipinski definition) is 5. The zero-order valence-electron chi connectivity index (χ0n) is 18.0. The third-order valence-corrected chi connectivity index (χ3v) is 7.65. The second kappa shape index (κ2) is 10.8. The lowest BCUT2D eigenvalue weighted by atomic mass is 10.1. The van der Waals surface area contributed by atoms with Gasteiger partial charge in [0, 0.05) is 23.6 Å². The van der Waals surface area contributed by atoms with Crippen molar-refractivity contribution < 1.29 is 14.0 Å². The Bertz CT molecular complexity index is 1050. The highest BCUT2D eigenvalue weighted by Crippen LogP contribution is 2.39. The third kappa shape index (κ3) is 5.58. The first-order chi connectivity index (χ1) is 15.6. The maximum Gasteiger partial charge on any atom is 0.251 e. The lowest BCUT2D eigenvalue weighted by Gasteiger charge is -2.23. The van der Waals surface area contributed by atoms with Gasteiger partial charge in [-0.1, -0.05) is 36.4 Å². The van der Waals surface area contributed by atoms with Gasteiger partial charge in [-0.2, -0.15) is 11.8 Å². The van der Waals surface area contributed by atoms with Gasteiger partial charge in [0.25, 0.3) is 5.91 Å². The number of carbonyl (C=O) groups is 2. The average Bonchev–Trinajstić information content (AvgIpc) is 3.45. The highest BCUT2D eigenvalue weighted by molar-refractivity contribution is 8.00. The van der Waals surface area contributed by atoms with Crippen LogP contribution in [0, 0.1) is 6.92 Å². The Kier molecular flexibility index (Phi) is 7.60. The molecule has 2 amide bonds. The minimum atomic E-state index is -0.0735. The van der Waals surface area contributed by atoms with Gasteiger partial charge >= 0.3 is 0 Å². The molecule has 3 aromatic rings. The van der Waals surface area contributed by atoms with Gasteiger partial charge in [0.1, 0.15) is 11.1 Å². The Morgan fingerprint density at radius 2 is 1.97 bits per heavy atom. The van der Waals surface area contributed by atoms with E-state index in [-0.39, 0.29) is 17.2 Å². The van der Waals surface area contributed by atoms with Crippen molar-refractivity contribution in [2.75, 3.05) is 18.1 Å². The van der Waals surface area contributed by atoms with E-state index >= 15 is 0 Å². The minimum Gasteiger partial charge on any atom is -0.467 e. The third-order valence-electron chi connectivity index (χ3n) is 5.38. The second-order valence-corrected chi connectivity index (χ2v) is 9.80. The van der Waals surface area contributed by atoms with E-state index in [0.717, 1.165) is 22.8 Å². The van der Waals surface area contributed by atoms with Crippen LogP contribution in [0.2, 0.25) is 0 Å². The van der Waals surface area contributed by atoms with E-state index in [0.29, 0.717) is 24.4 Å². The van der Waals surface area contributed by atoms with Crippen molar-refractivity contribution in [1.29, 1.82) is 0 Å². The van der Waals surface area contributed by atoms with E-state index in [2.05, 4.69) is 36.5 Å². The van der Waals surface area contributed by atoms with Crippen molar-refractivity contribution in [3.05, 3.63) is 94.9 Å². The Hall–Kier alpha value is -2.64. The number of carbonyl (C=O) groups excluding carboxylic acids is 2. The summed E-state index contributed by atoms with van der Waals surface area (Å²) in [6, 6.07) is 19.6. The number of aryl methyl sites for hydroxylation is 1. The number of rotatable bonds is 9. The number of benzene rings is 2. The van der Waals surface area contributed by atoms with Gasteiger partial charge < -0.3 is 14.6 Å². The lowest BCUT2D eigenvalue weighted by molar-refractivity contribution is -0.128. The van der Waals surface area contributed by atoms with Crippen LogP contribution in [0.15, 0.2) is 71.3 Å². The summed E-state index contributed by atoms with van der Waals surface area (Å²) in [6.45, 7) is 3.20. The van der Waals surface area contributed by atoms with E-state index in [9.17, 15) is 9.59 Å². The molecule has 5 nitrogen and oxygen atoms in total. The summed E-state index contributed by atoms with van der Waals surface area (Å²) in [5.41, 5.74) is 4.28. The zero-order valence-corrected chi connectivity index (χ0v) is 19.6. The molecule has 1 atom stereocenters. The Morgan fingerprint density at radius 1 is 1.16 bits per heavy atom. The summed E-state index contributed by atoms with van der Waals surface area (Å²) in [6.07, 6.45) is 1.62. The first kappa shape index (κ1) is 22.6. The van der Waals surface area contributed by atoms with Crippen molar-refractivity contribution >= 4 is 35.3 Å². The number of nitrogens with zero attached hydrogens (tertiary/aromatic N) is 1. The number of hydrogen-bond donors (Lipinski definition) is 1. The molecule has 7 heteroatoms. The predicted octanol–water partition coefficient (Wildman–Crippen LogP) is 5.03. The van der Waals surface area contributed by atoms with Crippen molar-refractivity contribution in [2.45, 2.75) is 24.6 Å². The SMILES string of the molecule is Cc1ccccc1CSCCNC(=O)c1ccc([C@@H]2SCC(=O)N2Cc2ccco2)cc1. The molecule has 0 saturated carbocycles. The van der Waals surface area contributed by atoms with Crippen molar-refractivity contribution in [3.63, 3.8) is 0 Å². The van der Waals surface area contributed by atoms with E-state index in [1.54, 1.807) is 18.0 Å². The molecule has 2 heterocycles. The highest BCUT2D eigenvalue weighted by Gasteiger charge is 2.33. The second-order valence-electron chi connectivity index (χ2n) is 7.62. The van der Waals surface area contributed by atoms with Crippen LogP contribution < -0.4 is 5.32 Å². The number of thioether (sulfide) groups is 2. The van der Waals surface area contributed by atoms with Crippen LogP contribution in [0.4, 0.5) is 0 Å². The van der Waals surface area contributed by atoms with E-state index in [4.69, 9.17) is 4.42 Å². The van der Waals surface area contributed by atoms with Crippen LogP contribution in [0.5, 0.6) is 0 Å². The van der Waals surface area contributed by atoms with Crippen LogP contribution in [0.1, 0.15) is 38.2 Å². The summed E-state index contributed by atoms with van der Waals surface area (Å²) in [5.74, 6) is 3.05. The molecule has 4 rings (SSSR count). The smallest absolute Gasteiger partial charge is 0.251 e. The Balaban J connectivity index is 1.27. The van der Waals surface area contributed by atoms with Gasteiger partial charge in [-0.3, -0.25) is 9.59 Å². The molecule has 1 fully saturated rings. The normalized spacial score (nSPS) is 15.8. The molecule has 1 aliphatic heterocycles. The summed E-state index contributed by atoms with van der Waals surface area (Å²) in [5, 5.41) is 2.93. The van der Waals surface area contributed by atoms with Crippen molar-refractivity contribution in [2.24, 2.45) is 0 Å².